The van der Waals surface area contributed by atoms with Crippen molar-refractivity contribution in [3.63, 3.8) is 0 Å². The Labute approximate surface area is 238 Å². The van der Waals surface area contributed by atoms with Gasteiger partial charge >= 0.3 is 0 Å². The number of aromatic nitrogens is 4. The first-order valence-electron chi connectivity index (χ1n) is 13.7. The van der Waals surface area contributed by atoms with Crippen LogP contribution in [0.15, 0.2) is 132 Å². The zero-order valence-electron chi connectivity index (χ0n) is 22.5. The molecule has 41 heavy (non-hydrogen) atoms. The highest BCUT2D eigenvalue weighted by Crippen LogP contribution is 2.30. The van der Waals surface area contributed by atoms with E-state index in [1.54, 1.807) is 0 Å². The van der Waals surface area contributed by atoms with Crippen LogP contribution in [0, 0.1) is 0 Å². The standard InChI is InChI=1S/C36H26N4O/c1-2-33-37-31-23-29(20-21-32(31)41-33)28-14-9-15-30(22-28)36-39-34(26-12-7-4-8-13-26)38-35(40-36)27-18-16-25(17-19-27)24-10-5-3-6-11-24/h3-23H,2H2,1H3. The lowest BCUT2D eigenvalue weighted by molar-refractivity contribution is 0.538. The summed E-state index contributed by atoms with van der Waals surface area (Å²) in [5.41, 5.74) is 8.89. The first-order chi connectivity index (χ1) is 20.2. The molecule has 2 aromatic heterocycles. The van der Waals surface area contributed by atoms with Crippen LogP contribution in [0.2, 0.25) is 0 Å². The fourth-order valence-corrected chi connectivity index (χ4v) is 4.94. The van der Waals surface area contributed by atoms with E-state index in [1.165, 1.54) is 5.56 Å². The largest absolute Gasteiger partial charge is 0.441 e. The Hall–Kier alpha value is -5.42. The Balaban J connectivity index is 1.31. The van der Waals surface area contributed by atoms with Crippen LogP contribution in [0.4, 0.5) is 0 Å². The summed E-state index contributed by atoms with van der Waals surface area (Å²) in [4.78, 5) is 19.4. The van der Waals surface area contributed by atoms with Gasteiger partial charge in [0.25, 0.3) is 0 Å². The molecule has 0 atom stereocenters. The van der Waals surface area contributed by atoms with Crippen molar-refractivity contribution >= 4 is 11.1 Å². The Bertz CT molecular complexity index is 1960. The second-order valence-corrected chi connectivity index (χ2v) is 9.84. The zero-order chi connectivity index (χ0) is 27.6. The molecule has 0 radical (unpaired) electrons. The topological polar surface area (TPSA) is 64.7 Å². The van der Waals surface area contributed by atoms with E-state index >= 15 is 0 Å². The number of benzene rings is 5. The molecule has 2 heterocycles. The van der Waals surface area contributed by atoms with E-state index in [0.29, 0.717) is 17.5 Å². The average Bonchev–Trinajstić information content (AvgIpc) is 3.48. The van der Waals surface area contributed by atoms with Crippen LogP contribution >= 0.6 is 0 Å². The normalized spacial score (nSPS) is 11.1. The van der Waals surface area contributed by atoms with Gasteiger partial charge in [0.15, 0.2) is 28.9 Å². The number of hydrogen-bond donors (Lipinski definition) is 0. The summed E-state index contributed by atoms with van der Waals surface area (Å²) in [6, 6.07) is 43.2. The van der Waals surface area contributed by atoms with Gasteiger partial charge in [-0.1, -0.05) is 116 Å². The molecule has 0 amide bonds. The van der Waals surface area contributed by atoms with E-state index in [-0.39, 0.29) is 0 Å². The number of aryl methyl sites for hydroxylation is 1. The molecular formula is C36H26N4O. The summed E-state index contributed by atoms with van der Waals surface area (Å²) in [5, 5.41) is 0. The van der Waals surface area contributed by atoms with Crippen molar-refractivity contribution < 1.29 is 4.42 Å². The van der Waals surface area contributed by atoms with Gasteiger partial charge in [-0.2, -0.15) is 0 Å². The molecule has 0 unspecified atom stereocenters. The first-order valence-corrected chi connectivity index (χ1v) is 13.7. The molecule has 7 rings (SSSR count). The van der Waals surface area contributed by atoms with Gasteiger partial charge in [0.2, 0.25) is 0 Å². The second-order valence-electron chi connectivity index (χ2n) is 9.84. The van der Waals surface area contributed by atoms with Crippen LogP contribution in [0.1, 0.15) is 12.8 Å². The molecule has 5 nitrogen and oxygen atoms in total. The van der Waals surface area contributed by atoms with Gasteiger partial charge in [0.1, 0.15) is 5.52 Å². The van der Waals surface area contributed by atoms with Crippen LogP contribution < -0.4 is 0 Å². The van der Waals surface area contributed by atoms with Crippen molar-refractivity contribution in [3.05, 3.63) is 133 Å². The van der Waals surface area contributed by atoms with E-state index in [2.05, 4.69) is 65.6 Å². The van der Waals surface area contributed by atoms with Crippen molar-refractivity contribution in [2.75, 3.05) is 0 Å². The fourth-order valence-electron chi connectivity index (χ4n) is 4.94. The number of hydrogen-bond acceptors (Lipinski definition) is 5. The van der Waals surface area contributed by atoms with Gasteiger partial charge < -0.3 is 4.42 Å². The molecule has 196 valence electrons. The highest BCUT2D eigenvalue weighted by Gasteiger charge is 2.14. The summed E-state index contributed by atoms with van der Waals surface area (Å²) in [6.07, 6.45) is 0.764. The number of rotatable bonds is 6. The number of nitrogens with zero attached hydrogens (tertiary/aromatic N) is 4. The summed E-state index contributed by atoms with van der Waals surface area (Å²) in [7, 11) is 0. The molecule has 7 aromatic rings. The Morgan fingerprint density at radius 3 is 1.61 bits per heavy atom. The van der Waals surface area contributed by atoms with Gasteiger partial charge in [-0.15, -0.1) is 0 Å². The monoisotopic (exact) mass is 530 g/mol. The SMILES string of the molecule is CCc1nc2cc(-c3cccc(-c4nc(-c5ccccc5)nc(-c5ccc(-c6ccccc6)cc5)n4)c3)ccc2o1. The lowest BCUT2D eigenvalue weighted by Crippen LogP contribution is -2.00. The molecular weight excluding hydrogens is 504 g/mol. The predicted octanol–water partition coefficient (Wildman–Crippen LogP) is 8.91. The minimum Gasteiger partial charge on any atom is -0.441 e. The van der Waals surface area contributed by atoms with E-state index in [9.17, 15) is 0 Å². The highest BCUT2D eigenvalue weighted by atomic mass is 16.3. The van der Waals surface area contributed by atoms with Gasteiger partial charge in [-0.25, -0.2) is 19.9 Å². The minimum absolute atomic E-state index is 0.624. The molecule has 0 spiro atoms. The lowest BCUT2D eigenvalue weighted by atomic mass is 10.0. The van der Waals surface area contributed by atoms with Gasteiger partial charge in [-0.05, 0) is 40.5 Å². The van der Waals surface area contributed by atoms with Crippen LogP contribution in [0.25, 0.3) is 67.5 Å². The summed E-state index contributed by atoms with van der Waals surface area (Å²) < 4.78 is 5.81. The maximum atomic E-state index is 5.81. The van der Waals surface area contributed by atoms with Crippen molar-refractivity contribution in [2.45, 2.75) is 13.3 Å². The van der Waals surface area contributed by atoms with E-state index in [4.69, 9.17) is 19.4 Å². The molecule has 0 saturated carbocycles. The van der Waals surface area contributed by atoms with E-state index in [0.717, 1.165) is 56.8 Å². The predicted molar refractivity (Wildman–Crippen MR) is 164 cm³/mol. The molecule has 0 saturated heterocycles. The van der Waals surface area contributed by atoms with Crippen molar-refractivity contribution in [2.24, 2.45) is 0 Å². The smallest absolute Gasteiger partial charge is 0.195 e. The summed E-state index contributed by atoms with van der Waals surface area (Å²) in [5.74, 6) is 2.64. The summed E-state index contributed by atoms with van der Waals surface area (Å²) in [6.45, 7) is 2.04. The summed E-state index contributed by atoms with van der Waals surface area (Å²) >= 11 is 0. The minimum atomic E-state index is 0.624. The quantitative estimate of drug-likeness (QED) is 0.215. The van der Waals surface area contributed by atoms with Crippen LogP contribution in [0.5, 0.6) is 0 Å². The molecule has 0 aliphatic rings. The Morgan fingerprint density at radius 2 is 0.927 bits per heavy atom. The van der Waals surface area contributed by atoms with Crippen molar-refractivity contribution in [1.82, 2.24) is 19.9 Å². The highest BCUT2D eigenvalue weighted by molar-refractivity contribution is 5.82. The van der Waals surface area contributed by atoms with Gasteiger partial charge in [0, 0.05) is 23.1 Å². The molecule has 5 aromatic carbocycles. The van der Waals surface area contributed by atoms with Gasteiger partial charge in [0.05, 0.1) is 0 Å². The zero-order valence-corrected chi connectivity index (χ0v) is 22.5. The third-order valence-corrected chi connectivity index (χ3v) is 7.11. The maximum Gasteiger partial charge on any atom is 0.195 e. The van der Waals surface area contributed by atoms with Crippen molar-refractivity contribution in [1.29, 1.82) is 0 Å². The van der Waals surface area contributed by atoms with Crippen LogP contribution in [-0.4, -0.2) is 19.9 Å². The van der Waals surface area contributed by atoms with Gasteiger partial charge in [-0.3, -0.25) is 0 Å². The molecule has 0 fully saturated rings. The molecule has 0 bridgehead atoms. The lowest BCUT2D eigenvalue weighted by Gasteiger charge is -2.10. The number of oxazole rings is 1. The third kappa shape index (κ3) is 5.01. The number of fused-ring (bicyclic) bond motifs is 1. The van der Waals surface area contributed by atoms with Crippen LogP contribution in [0.3, 0.4) is 0 Å². The van der Waals surface area contributed by atoms with Crippen molar-refractivity contribution in [3.8, 4) is 56.4 Å². The molecule has 0 N–H and O–H groups in total. The van der Waals surface area contributed by atoms with E-state index in [1.807, 2.05) is 73.7 Å². The molecule has 0 aliphatic carbocycles. The average molecular weight is 531 g/mol. The first kappa shape index (κ1) is 24.6. The molecule has 0 aliphatic heterocycles. The maximum absolute atomic E-state index is 5.81. The Kier molecular flexibility index (Phi) is 6.38. The third-order valence-electron chi connectivity index (χ3n) is 7.11. The Morgan fingerprint density at radius 1 is 0.439 bits per heavy atom. The fraction of sp³-hybridized carbons (Fsp3) is 0.0556. The van der Waals surface area contributed by atoms with Crippen LogP contribution in [-0.2, 0) is 6.42 Å². The molecule has 5 heteroatoms. The second kappa shape index (κ2) is 10.6. The van der Waals surface area contributed by atoms with E-state index < -0.39 is 0 Å².